The van der Waals surface area contributed by atoms with Crippen molar-refractivity contribution in [3.63, 3.8) is 0 Å². The van der Waals surface area contributed by atoms with Crippen molar-refractivity contribution in [2.24, 2.45) is 0 Å². The van der Waals surface area contributed by atoms with Crippen LogP contribution in [0.3, 0.4) is 0 Å². The molecule has 0 aromatic heterocycles. The van der Waals surface area contributed by atoms with Gasteiger partial charge in [0.15, 0.2) is 0 Å². The fourth-order valence-corrected chi connectivity index (χ4v) is 1.69. The molecule has 3 heteroatoms. The highest BCUT2D eigenvalue weighted by molar-refractivity contribution is 6.17. The molecule has 0 saturated heterocycles. The molecule has 0 unspecified atom stereocenters. The van der Waals surface area contributed by atoms with Crippen LogP contribution in [0.4, 0.5) is 0 Å². The van der Waals surface area contributed by atoms with Gasteiger partial charge in [-0.05, 0) is 19.3 Å². The molecule has 0 N–H and O–H groups in total. The van der Waals surface area contributed by atoms with Crippen LogP contribution in [0.1, 0.15) is 64.7 Å². The normalized spacial score (nSPS) is 10.4. The molecule has 0 amide bonds. The van der Waals surface area contributed by atoms with Crippen molar-refractivity contribution in [2.45, 2.75) is 64.7 Å². The van der Waals surface area contributed by atoms with E-state index in [1.807, 2.05) is 0 Å². The average molecular weight is 249 g/mol. The molecule has 0 aromatic rings. The molecular weight excluding hydrogens is 224 g/mol. The number of alkyl halides is 1. The van der Waals surface area contributed by atoms with Crippen molar-refractivity contribution in [1.82, 2.24) is 0 Å². The number of esters is 1. The fraction of sp³-hybridized carbons (Fsp3) is 0.923. The largest absolute Gasteiger partial charge is 0.466 e. The number of hydrogen-bond acceptors (Lipinski definition) is 2. The zero-order valence-electron chi connectivity index (χ0n) is 10.5. The summed E-state index contributed by atoms with van der Waals surface area (Å²) in [5, 5.41) is 0. The summed E-state index contributed by atoms with van der Waals surface area (Å²) in [6.45, 7) is 2.80. The van der Waals surface area contributed by atoms with Crippen LogP contribution in [-0.2, 0) is 9.53 Å². The van der Waals surface area contributed by atoms with Crippen molar-refractivity contribution >= 4 is 17.6 Å². The smallest absolute Gasteiger partial charge is 0.305 e. The van der Waals surface area contributed by atoms with E-state index < -0.39 is 0 Å². The van der Waals surface area contributed by atoms with Crippen molar-refractivity contribution in [3.8, 4) is 0 Å². The summed E-state index contributed by atoms with van der Waals surface area (Å²) in [5.74, 6) is 0.559. The molecule has 0 heterocycles. The van der Waals surface area contributed by atoms with E-state index in [4.69, 9.17) is 16.3 Å². The van der Waals surface area contributed by atoms with Crippen molar-refractivity contribution in [2.75, 3.05) is 12.5 Å². The van der Waals surface area contributed by atoms with Crippen LogP contribution in [0.25, 0.3) is 0 Å². The molecule has 0 aliphatic heterocycles. The van der Waals surface area contributed by atoms with Crippen LogP contribution >= 0.6 is 11.6 Å². The lowest BCUT2D eigenvalue weighted by Crippen LogP contribution is -2.05. The first-order chi connectivity index (χ1) is 7.81. The Bertz CT molecular complexity index is 160. The van der Waals surface area contributed by atoms with Gasteiger partial charge in [0.2, 0.25) is 0 Å². The fourth-order valence-electron chi connectivity index (χ4n) is 1.50. The summed E-state index contributed by atoms with van der Waals surface area (Å²) in [7, 11) is 0. The number of hydrogen-bond donors (Lipinski definition) is 0. The van der Waals surface area contributed by atoms with E-state index in [2.05, 4.69) is 6.92 Å². The maximum Gasteiger partial charge on any atom is 0.305 e. The SMILES string of the molecule is CCCCCCCCOC(=O)CCCCCl. The van der Waals surface area contributed by atoms with Gasteiger partial charge in [-0.3, -0.25) is 4.79 Å². The highest BCUT2D eigenvalue weighted by atomic mass is 35.5. The molecule has 0 aliphatic rings. The molecule has 0 radical (unpaired) electrons. The monoisotopic (exact) mass is 248 g/mol. The molecule has 0 fully saturated rings. The van der Waals surface area contributed by atoms with E-state index in [0.29, 0.717) is 18.9 Å². The van der Waals surface area contributed by atoms with Gasteiger partial charge in [0, 0.05) is 12.3 Å². The highest BCUT2D eigenvalue weighted by Gasteiger charge is 2.01. The first-order valence-electron chi connectivity index (χ1n) is 6.52. The lowest BCUT2D eigenvalue weighted by atomic mass is 10.1. The molecule has 0 aliphatic carbocycles. The molecule has 0 saturated carbocycles. The minimum atomic E-state index is -0.0707. The third kappa shape index (κ3) is 11.8. The van der Waals surface area contributed by atoms with E-state index in [1.54, 1.807) is 0 Å². The van der Waals surface area contributed by atoms with Crippen LogP contribution in [-0.4, -0.2) is 18.5 Å². The van der Waals surface area contributed by atoms with Gasteiger partial charge in [0.05, 0.1) is 6.61 Å². The standard InChI is InChI=1S/C13H25ClO2/c1-2-3-4-5-6-9-12-16-13(15)10-7-8-11-14/h2-12H2,1H3. The van der Waals surface area contributed by atoms with E-state index in [-0.39, 0.29) is 5.97 Å². The number of halogens is 1. The van der Waals surface area contributed by atoms with E-state index in [1.165, 1.54) is 32.1 Å². The van der Waals surface area contributed by atoms with Crippen LogP contribution in [0.15, 0.2) is 0 Å². The van der Waals surface area contributed by atoms with Crippen LogP contribution in [0, 0.1) is 0 Å². The predicted octanol–water partition coefficient (Wildman–Crippen LogP) is 4.30. The van der Waals surface area contributed by atoms with Gasteiger partial charge in [-0.25, -0.2) is 0 Å². The van der Waals surface area contributed by atoms with Crippen molar-refractivity contribution in [1.29, 1.82) is 0 Å². The third-order valence-electron chi connectivity index (χ3n) is 2.53. The van der Waals surface area contributed by atoms with Gasteiger partial charge in [-0.1, -0.05) is 39.0 Å². The lowest BCUT2D eigenvalue weighted by Gasteiger charge is -2.04. The summed E-state index contributed by atoms with van der Waals surface area (Å²) in [4.78, 5) is 11.2. The Morgan fingerprint density at radius 1 is 1.00 bits per heavy atom. The zero-order valence-corrected chi connectivity index (χ0v) is 11.2. The number of carbonyl (C=O) groups excluding carboxylic acids is 1. The number of carbonyl (C=O) groups is 1. The van der Waals surface area contributed by atoms with Gasteiger partial charge in [0.1, 0.15) is 0 Å². The van der Waals surface area contributed by atoms with Gasteiger partial charge < -0.3 is 4.74 Å². The third-order valence-corrected chi connectivity index (χ3v) is 2.79. The second-order valence-electron chi connectivity index (χ2n) is 4.13. The van der Waals surface area contributed by atoms with Gasteiger partial charge in [-0.2, -0.15) is 0 Å². The minimum absolute atomic E-state index is 0.0707. The summed E-state index contributed by atoms with van der Waals surface area (Å²) in [6.07, 6.45) is 9.60. The Morgan fingerprint density at radius 3 is 2.38 bits per heavy atom. The molecule has 96 valence electrons. The molecule has 16 heavy (non-hydrogen) atoms. The molecule has 0 atom stereocenters. The second-order valence-corrected chi connectivity index (χ2v) is 4.51. The Labute approximate surface area is 105 Å². The van der Waals surface area contributed by atoms with E-state index >= 15 is 0 Å². The quantitative estimate of drug-likeness (QED) is 0.310. The molecule has 0 spiro atoms. The maximum absolute atomic E-state index is 11.2. The molecule has 0 aromatic carbocycles. The van der Waals surface area contributed by atoms with E-state index in [9.17, 15) is 4.79 Å². The first-order valence-corrected chi connectivity index (χ1v) is 7.06. The average Bonchev–Trinajstić information content (AvgIpc) is 2.28. The van der Waals surface area contributed by atoms with Crippen molar-refractivity contribution < 1.29 is 9.53 Å². The first kappa shape index (κ1) is 15.8. The molecular formula is C13H25ClO2. The predicted molar refractivity (Wildman–Crippen MR) is 68.9 cm³/mol. The zero-order chi connectivity index (χ0) is 12.1. The number of rotatable bonds is 11. The maximum atomic E-state index is 11.2. The Balaban J connectivity index is 3.09. The molecule has 0 bridgehead atoms. The van der Waals surface area contributed by atoms with E-state index in [0.717, 1.165) is 19.3 Å². The molecule has 0 rings (SSSR count). The van der Waals surface area contributed by atoms with Crippen LogP contribution in [0.5, 0.6) is 0 Å². The van der Waals surface area contributed by atoms with Crippen LogP contribution in [0.2, 0.25) is 0 Å². The van der Waals surface area contributed by atoms with Crippen molar-refractivity contribution in [3.05, 3.63) is 0 Å². The topological polar surface area (TPSA) is 26.3 Å². The lowest BCUT2D eigenvalue weighted by molar-refractivity contribution is -0.143. The highest BCUT2D eigenvalue weighted by Crippen LogP contribution is 2.05. The Morgan fingerprint density at radius 2 is 1.69 bits per heavy atom. The summed E-state index contributed by atoms with van der Waals surface area (Å²) in [6, 6.07) is 0. The van der Waals surface area contributed by atoms with Gasteiger partial charge >= 0.3 is 5.97 Å². The van der Waals surface area contributed by atoms with Crippen LogP contribution < -0.4 is 0 Å². The summed E-state index contributed by atoms with van der Waals surface area (Å²) >= 11 is 5.52. The summed E-state index contributed by atoms with van der Waals surface area (Å²) < 4.78 is 5.11. The van der Waals surface area contributed by atoms with Gasteiger partial charge in [-0.15, -0.1) is 11.6 Å². The minimum Gasteiger partial charge on any atom is -0.466 e. The van der Waals surface area contributed by atoms with Gasteiger partial charge in [0.25, 0.3) is 0 Å². The Kier molecular flexibility index (Phi) is 12.6. The Hall–Kier alpha value is -0.240. The molecule has 2 nitrogen and oxygen atoms in total. The number of ether oxygens (including phenoxy) is 1. The second kappa shape index (κ2) is 12.8. The summed E-state index contributed by atoms with van der Waals surface area (Å²) in [5.41, 5.74) is 0. The number of unbranched alkanes of at least 4 members (excludes halogenated alkanes) is 6.